The van der Waals surface area contributed by atoms with Crippen molar-refractivity contribution < 1.29 is 23.1 Å². The van der Waals surface area contributed by atoms with Gasteiger partial charge in [0.05, 0.1) is 12.1 Å². The van der Waals surface area contributed by atoms with Gasteiger partial charge < -0.3 is 15.0 Å². The van der Waals surface area contributed by atoms with E-state index in [9.17, 15) is 18.4 Å². The van der Waals surface area contributed by atoms with E-state index in [0.717, 1.165) is 25.3 Å². The molecule has 2 aliphatic heterocycles. The number of ether oxygens (including phenoxy) is 1. The molecule has 24 heavy (non-hydrogen) atoms. The van der Waals surface area contributed by atoms with Gasteiger partial charge in [-0.1, -0.05) is 0 Å². The standard InChI is InChI=1S/C17H20F2N2O3/c1-10(22)20-14(8-11-6-12(18)9-13(19)7-11)16-15-4-2-3-5-21(15)17(23)24-16/h6-7,9,14-16H,2-5,8H2,1H3,(H,20,22). The molecule has 2 amide bonds. The molecule has 2 aliphatic rings. The third-order valence-electron chi connectivity index (χ3n) is 4.56. The Morgan fingerprint density at radius 3 is 2.71 bits per heavy atom. The molecule has 0 aliphatic carbocycles. The minimum Gasteiger partial charge on any atom is -0.442 e. The minimum absolute atomic E-state index is 0.110. The topological polar surface area (TPSA) is 58.6 Å². The van der Waals surface area contributed by atoms with Crippen LogP contribution >= 0.6 is 0 Å². The Hall–Kier alpha value is -2.18. The summed E-state index contributed by atoms with van der Waals surface area (Å²) in [7, 11) is 0. The fraction of sp³-hybridized carbons (Fsp3) is 0.529. The van der Waals surface area contributed by atoms with E-state index in [2.05, 4.69) is 5.32 Å². The first-order chi connectivity index (χ1) is 11.4. The molecule has 2 fully saturated rings. The summed E-state index contributed by atoms with van der Waals surface area (Å²) in [6, 6.07) is 2.62. The molecule has 0 radical (unpaired) electrons. The van der Waals surface area contributed by atoms with Gasteiger partial charge in [-0.2, -0.15) is 0 Å². The molecule has 1 N–H and O–H groups in total. The quantitative estimate of drug-likeness (QED) is 0.917. The predicted octanol–water partition coefficient (Wildman–Crippen LogP) is 2.39. The summed E-state index contributed by atoms with van der Waals surface area (Å²) in [6.45, 7) is 2.01. The van der Waals surface area contributed by atoms with Crippen LogP contribution in [0.5, 0.6) is 0 Å². The normalized spacial score (nSPS) is 24.3. The molecule has 2 saturated heterocycles. The molecule has 1 aromatic rings. The molecular formula is C17H20F2N2O3. The number of carbonyl (C=O) groups excluding carboxylic acids is 2. The minimum atomic E-state index is -0.672. The predicted molar refractivity (Wildman–Crippen MR) is 82.3 cm³/mol. The van der Waals surface area contributed by atoms with Gasteiger partial charge in [-0.05, 0) is 43.4 Å². The number of halogens is 2. The molecule has 3 rings (SSSR count). The third kappa shape index (κ3) is 3.49. The Balaban J connectivity index is 1.83. The van der Waals surface area contributed by atoms with E-state index in [1.807, 2.05) is 0 Å². The Morgan fingerprint density at radius 2 is 2.04 bits per heavy atom. The van der Waals surface area contributed by atoms with Gasteiger partial charge in [0.15, 0.2) is 0 Å². The number of amides is 2. The highest BCUT2D eigenvalue weighted by Crippen LogP contribution is 2.31. The van der Waals surface area contributed by atoms with E-state index >= 15 is 0 Å². The molecule has 3 unspecified atom stereocenters. The zero-order valence-electron chi connectivity index (χ0n) is 13.4. The molecule has 0 saturated carbocycles. The molecule has 0 bridgehead atoms. The van der Waals surface area contributed by atoms with Gasteiger partial charge in [0, 0.05) is 19.5 Å². The summed E-state index contributed by atoms with van der Waals surface area (Å²) < 4.78 is 32.3. The van der Waals surface area contributed by atoms with Gasteiger partial charge in [0.1, 0.15) is 17.7 Å². The van der Waals surface area contributed by atoms with Crippen molar-refractivity contribution in [1.29, 1.82) is 0 Å². The van der Waals surface area contributed by atoms with Gasteiger partial charge in [0.25, 0.3) is 0 Å². The highest BCUT2D eigenvalue weighted by Gasteiger charge is 2.46. The lowest BCUT2D eigenvalue weighted by atomic mass is 9.91. The summed E-state index contributed by atoms with van der Waals surface area (Å²) in [5.74, 6) is -1.62. The van der Waals surface area contributed by atoms with Crippen LogP contribution in [0.15, 0.2) is 18.2 Å². The second-order valence-electron chi connectivity index (χ2n) is 6.39. The van der Waals surface area contributed by atoms with Gasteiger partial charge in [-0.15, -0.1) is 0 Å². The maximum atomic E-state index is 13.4. The number of hydrogen-bond acceptors (Lipinski definition) is 3. The SMILES string of the molecule is CC(=O)NC(Cc1cc(F)cc(F)c1)C1OC(=O)N2CCCCC12. The van der Waals surface area contributed by atoms with Crippen molar-refractivity contribution in [3.8, 4) is 0 Å². The van der Waals surface area contributed by atoms with Crippen LogP contribution in [0.2, 0.25) is 0 Å². The smallest absolute Gasteiger partial charge is 0.410 e. The van der Waals surface area contributed by atoms with Crippen LogP contribution in [-0.4, -0.2) is 41.6 Å². The lowest BCUT2D eigenvalue weighted by Gasteiger charge is -2.32. The monoisotopic (exact) mass is 338 g/mol. The highest BCUT2D eigenvalue weighted by atomic mass is 19.1. The number of fused-ring (bicyclic) bond motifs is 1. The van der Waals surface area contributed by atoms with Gasteiger partial charge >= 0.3 is 6.09 Å². The molecule has 2 heterocycles. The Labute approximate surface area is 139 Å². The van der Waals surface area contributed by atoms with Crippen molar-refractivity contribution in [2.24, 2.45) is 0 Å². The number of rotatable bonds is 4. The average molecular weight is 338 g/mol. The molecule has 0 spiro atoms. The lowest BCUT2D eigenvalue weighted by molar-refractivity contribution is -0.120. The molecule has 0 aromatic heterocycles. The van der Waals surface area contributed by atoms with Gasteiger partial charge in [-0.3, -0.25) is 4.79 Å². The number of cyclic esters (lactones) is 1. The van der Waals surface area contributed by atoms with Crippen LogP contribution in [0.3, 0.4) is 0 Å². The lowest BCUT2D eigenvalue weighted by Crippen LogP contribution is -2.51. The average Bonchev–Trinajstić information content (AvgIpc) is 2.83. The van der Waals surface area contributed by atoms with Crippen LogP contribution in [0.25, 0.3) is 0 Å². The summed E-state index contributed by atoms with van der Waals surface area (Å²) in [5.41, 5.74) is 0.413. The second kappa shape index (κ2) is 6.75. The number of nitrogens with one attached hydrogen (secondary N) is 1. The second-order valence-corrected chi connectivity index (χ2v) is 6.39. The van der Waals surface area contributed by atoms with Crippen LogP contribution in [0.4, 0.5) is 13.6 Å². The van der Waals surface area contributed by atoms with E-state index < -0.39 is 23.8 Å². The first-order valence-electron chi connectivity index (χ1n) is 8.13. The molecule has 1 aromatic carbocycles. The zero-order chi connectivity index (χ0) is 17.3. The Kier molecular flexibility index (Phi) is 4.69. The third-order valence-corrected chi connectivity index (χ3v) is 4.56. The first kappa shape index (κ1) is 16.7. The van der Waals surface area contributed by atoms with Crippen LogP contribution in [0.1, 0.15) is 31.7 Å². The van der Waals surface area contributed by atoms with Crippen molar-refractivity contribution >= 4 is 12.0 Å². The van der Waals surface area contributed by atoms with Crippen molar-refractivity contribution in [2.45, 2.75) is 50.8 Å². The molecule has 7 heteroatoms. The number of piperidine rings is 1. The van der Waals surface area contributed by atoms with Crippen molar-refractivity contribution in [1.82, 2.24) is 10.2 Å². The molecule has 5 nitrogen and oxygen atoms in total. The van der Waals surface area contributed by atoms with Crippen LogP contribution < -0.4 is 5.32 Å². The van der Waals surface area contributed by atoms with E-state index in [0.29, 0.717) is 12.1 Å². The fourth-order valence-corrected chi connectivity index (χ4v) is 3.63. The van der Waals surface area contributed by atoms with E-state index in [-0.39, 0.29) is 24.5 Å². The molecule has 130 valence electrons. The largest absolute Gasteiger partial charge is 0.442 e. The van der Waals surface area contributed by atoms with Crippen molar-refractivity contribution in [3.05, 3.63) is 35.4 Å². The highest BCUT2D eigenvalue weighted by molar-refractivity contribution is 5.74. The zero-order valence-corrected chi connectivity index (χ0v) is 13.4. The molecular weight excluding hydrogens is 318 g/mol. The van der Waals surface area contributed by atoms with Crippen LogP contribution in [0, 0.1) is 11.6 Å². The number of nitrogens with zero attached hydrogens (tertiary/aromatic N) is 1. The van der Waals surface area contributed by atoms with Gasteiger partial charge in [-0.25, -0.2) is 13.6 Å². The van der Waals surface area contributed by atoms with E-state index in [4.69, 9.17) is 4.74 Å². The van der Waals surface area contributed by atoms with E-state index in [1.165, 1.54) is 19.1 Å². The maximum absolute atomic E-state index is 13.4. The van der Waals surface area contributed by atoms with Crippen molar-refractivity contribution in [3.63, 3.8) is 0 Å². The number of hydrogen-bond donors (Lipinski definition) is 1. The number of benzene rings is 1. The first-order valence-corrected chi connectivity index (χ1v) is 8.13. The van der Waals surface area contributed by atoms with Crippen molar-refractivity contribution in [2.75, 3.05) is 6.54 Å². The number of carbonyl (C=O) groups is 2. The van der Waals surface area contributed by atoms with Gasteiger partial charge in [0.2, 0.25) is 5.91 Å². The summed E-state index contributed by atoms with van der Waals surface area (Å²) in [6.07, 6.45) is 1.99. The van der Waals surface area contributed by atoms with Crippen LogP contribution in [-0.2, 0) is 16.0 Å². The Morgan fingerprint density at radius 1 is 1.33 bits per heavy atom. The Bertz CT molecular complexity index is 632. The molecule has 3 atom stereocenters. The summed E-state index contributed by atoms with van der Waals surface area (Å²) in [5, 5.41) is 2.78. The van der Waals surface area contributed by atoms with E-state index in [1.54, 1.807) is 4.90 Å². The maximum Gasteiger partial charge on any atom is 0.410 e. The fourth-order valence-electron chi connectivity index (χ4n) is 3.63. The summed E-state index contributed by atoms with van der Waals surface area (Å²) >= 11 is 0. The summed E-state index contributed by atoms with van der Waals surface area (Å²) in [4.78, 5) is 25.3.